The number of halogens is 3. The Morgan fingerprint density at radius 3 is 2.53 bits per heavy atom. The van der Waals surface area contributed by atoms with Crippen LogP contribution in [0.3, 0.4) is 0 Å². The monoisotopic (exact) mass is 254 g/mol. The van der Waals surface area contributed by atoms with Crippen LogP contribution in [0, 0.1) is 11.6 Å². The highest BCUT2D eigenvalue weighted by atomic mass is 35.5. The molecule has 0 saturated carbocycles. The number of anilines is 3. The molecule has 3 N–H and O–H groups in total. The second kappa shape index (κ2) is 4.59. The second-order valence-corrected chi connectivity index (χ2v) is 3.86. The van der Waals surface area contributed by atoms with Gasteiger partial charge >= 0.3 is 0 Å². The fourth-order valence-corrected chi connectivity index (χ4v) is 1.49. The number of para-hydroxylation sites is 1. The normalized spacial score (nSPS) is 10.3. The van der Waals surface area contributed by atoms with E-state index < -0.39 is 11.6 Å². The molecule has 17 heavy (non-hydrogen) atoms. The smallest absolute Gasteiger partial charge is 0.148 e. The molecule has 0 unspecified atom stereocenters. The van der Waals surface area contributed by atoms with Crippen molar-refractivity contribution in [2.45, 2.75) is 0 Å². The molecule has 0 aliphatic rings. The Bertz CT molecular complexity index is 558. The third kappa shape index (κ3) is 2.47. The van der Waals surface area contributed by atoms with Gasteiger partial charge in [-0.1, -0.05) is 17.7 Å². The molecule has 0 heterocycles. The molecule has 88 valence electrons. The van der Waals surface area contributed by atoms with E-state index in [4.69, 9.17) is 17.3 Å². The van der Waals surface area contributed by atoms with Gasteiger partial charge in [-0.3, -0.25) is 0 Å². The molecule has 0 radical (unpaired) electrons. The van der Waals surface area contributed by atoms with Crippen molar-refractivity contribution in [1.29, 1.82) is 0 Å². The summed E-state index contributed by atoms with van der Waals surface area (Å²) in [6, 6.07) is 8.57. The van der Waals surface area contributed by atoms with Crippen LogP contribution < -0.4 is 11.1 Å². The van der Waals surface area contributed by atoms with Gasteiger partial charge in [-0.05, 0) is 30.3 Å². The Morgan fingerprint density at radius 1 is 1.06 bits per heavy atom. The first-order chi connectivity index (χ1) is 8.08. The molecule has 0 spiro atoms. The van der Waals surface area contributed by atoms with Gasteiger partial charge in [0.1, 0.15) is 11.6 Å². The van der Waals surface area contributed by atoms with E-state index in [1.807, 2.05) is 0 Å². The number of benzene rings is 2. The van der Waals surface area contributed by atoms with E-state index in [0.29, 0.717) is 11.4 Å². The molecule has 0 aliphatic heterocycles. The lowest BCUT2D eigenvalue weighted by atomic mass is 10.2. The quantitative estimate of drug-likeness (QED) is 0.797. The fourth-order valence-electron chi connectivity index (χ4n) is 1.38. The lowest BCUT2D eigenvalue weighted by Gasteiger charge is -2.10. The zero-order valence-electron chi connectivity index (χ0n) is 8.68. The number of hydrogen-bond donors (Lipinski definition) is 2. The predicted octanol–water partition coefficient (Wildman–Crippen LogP) is 3.94. The van der Waals surface area contributed by atoms with Crippen molar-refractivity contribution in [1.82, 2.24) is 0 Å². The van der Waals surface area contributed by atoms with Crippen LogP contribution in [-0.4, -0.2) is 0 Å². The molecule has 2 aromatic rings. The molecule has 0 aromatic heterocycles. The van der Waals surface area contributed by atoms with Crippen molar-refractivity contribution in [2.75, 3.05) is 11.1 Å². The van der Waals surface area contributed by atoms with E-state index in [1.165, 1.54) is 24.3 Å². The summed E-state index contributed by atoms with van der Waals surface area (Å²) in [7, 11) is 0. The van der Waals surface area contributed by atoms with Crippen LogP contribution in [0.4, 0.5) is 25.8 Å². The van der Waals surface area contributed by atoms with E-state index in [0.717, 1.165) is 0 Å². The molecular weight excluding hydrogens is 246 g/mol. The summed E-state index contributed by atoms with van der Waals surface area (Å²) in [5.74, 6) is -1.07. The molecule has 5 heteroatoms. The first-order valence-corrected chi connectivity index (χ1v) is 5.22. The molecule has 0 fully saturated rings. The highest BCUT2D eigenvalue weighted by molar-refractivity contribution is 6.30. The van der Waals surface area contributed by atoms with Crippen molar-refractivity contribution in [3.8, 4) is 0 Å². The van der Waals surface area contributed by atoms with Gasteiger partial charge in [0.2, 0.25) is 0 Å². The van der Waals surface area contributed by atoms with Gasteiger partial charge in [0.15, 0.2) is 0 Å². The van der Waals surface area contributed by atoms with E-state index >= 15 is 0 Å². The van der Waals surface area contributed by atoms with Gasteiger partial charge in [-0.2, -0.15) is 0 Å². The van der Waals surface area contributed by atoms with Gasteiger partial charge in [-0.25, -0.2) is 8.78 Å². The van der Waals surface area contributed by atoms with Crippen LogP contribution in [0.2, 0.25) is 5.02 Å². The Balaban J connectivity index is 2.31. The minimum Gasteiger partial charge on any atom is -0.395 e. The third-order valence-electron chi connectivity index (χ3n) is 2.25. The van der Waals surface area contributed by atoms with E-state index in [2.05, 4.69) is 5.32 Å². The number of nitrogen functional groups attached to an aromatic ring is 1. The zero-order valence-corrected chi connectivity index (χ0v) is 9.43. The maximum atomic E-state index is 13.2. The number of rotatable bonds is 2. The van der Waals surface area contributed by atoms with Crippen LogP contribution in [0.15, 0.2) is 36.4 Å². The number of hydrogen-bond acceptors (Lipinski definition) is 2. The summed E-state index contributed by atoms with van der Waals surface area (Å²) in [5, 5.41) is 2.85. The Labute approximate surface area is 102 Å². The van der Waals surface area contributed by atoms with Gasteiger partial charge in [-0.15, -0.1) is 0 Å². The maximum absolute atomic E-state index is 13.2. The Kier molecular flexibility index (Phi) is 3.15. The van der Waals surface area contributed by atoms with Crippen molar-refractivity contribution >= 4 is 28.7 Å². The molecule has 0 amide bonds. The Hall–Kier alpha value is -1.81. The highest BCUT2D eigenvalue weighted by Gasteiger charge is 2.06. The maximum Gasteiger partial charge on any atom is 0.148 e. The topological polar surface area (TPSA) is 38.0 Å². The summed E-state index contributed by atoms with van der Waals surface area (Å²) in [4.78, 5) is 0. The van der Waals surface area contributed by atoms with Crippen molar-refractivity contribution < 1.29 is 8.78 Å². The average Bonchev–Trinajstić information content (AvgIpc) is 2.30. The summed E-state index contributed by atoms with van der Waals surface area (Å²) in [6.45, 7) is 0. The van der Waals surface area contributed by atoms with Crippen LogP contribution in [-0.2, 0) is 0 Å². The second-order valence-electron chi connectivity index (χ2n) is 3.45. The van der Waals surface area contributed by atoms with Crippen LogP contribution in [0.25, 0.3) is 0 Å². The molecular formula is C12H9ClF2N2. The third-order valence-corrected chi connectivity index (χ3v) is 2.56. The highest BCUT2D eigenvalue weighted by Crippen LogP contribution is 2.27. The Morgan fingerprint density at radius 2 is 1.82 bits per heavy atom. The lowest BCUT2D eigenvalue weighted by Crippen LogP contribution is -1.99. The molecule has 2 nitrogen and oxygen atoms in total. The summed E-state index contributed by atoms with van der Waals surface area (Å²) >= 11 is 5.55. The standard InChI is InChI=1S/C12H9ClF2N2/c13-8-5-4-7(6-10(8)15)17-11-3-1-2-9(14)12(11)16/h1-6,17H,16H2. The first kappa shape index (κ1) is 11.7. The van der Waals surface area contributed by atoms with Gasteiger partial charge < -0.3 is 11.1 Å². The molecule has 2 rings (SSSR count). The fraction of sp³-hybridized carbons (Fsp3) is 0. The average molecular weight is 255 g/mol. The van der Waals surface area contributed by atoms with Gasteiger partial charge in [0.25, 0.3) is 0 Å². The van der Waals surface area contributed by atoms with Crippen LogP contribution in [0.5, 0.6) is 0 Å². The van der Waals surface area contributed by atoms with Gasteiger partial charge in [0, 0.05) is 5.69 Å². The van der Waals surface area contributed by atoms with E-state index in [-0.39, 0.29) is 10.7 Å². The minimum absolute atomic E-state index is 0.0112. The molecule has 0 atom stereocenters. The van der Waals surface area contributed by atoms with Crippen LogP contribution in [0.1, 0.15) is 0 Å². The predicted molar refractivity (Wildman–Crippen MR) is 65.5 cm³/mol. The van der Waals surface area contributed by atoms with Crippen molar-refractivity contribution in [3.05, 3.63) is 53.1 Å². The number of nitrogens with one attached hydrogen (secondary N) is 1. The molecule has 2 aromatic carbocycles. The SMILES string of the molecule is Nc1c(F)cccc1Nc1ccc(Cl)c(F)c1. The van der Waals surface area contributed by atoms with E-state index in [1.54, 1.807) is 12.1 Å². The summed E-state index contributed by atoms with van der Waals surface area (Å²) < 4.78 is 26.3. The first-order valence-electron chi connectivity index (χ1n) is 4.84. The van der Waals surface area contributed by atoms with Crippen molar-refractivity contribution in [3.63, 3.8) is 0 Å². The molecule has 0 aliphatic carbocycles. The van der Waals surface area contributed by atoms with E-state index in [9.17, 15) is 8.78 Å². The summed E-state index contributed by atoms with van der Waals surface area (Å²) in [5.41, 5.74) is 6.36. The minimum atomic E-state index is -0.549. The van der Waals surface area contributed by atoms with Crippen LogP contribution >= 0.6 is 11.6 Å². The largest absolute Gasteiger partial charge is 0.395 e. The zero-order chi connectivity index (χ0) is 12.4. The molecule has 0 saturated heterocycles. The summed E-state index contributed by atoms with van der Waals surface area (Å²) in [6.07, 6.45) is 0. The van der Waals surface area contributed by atoms with Gasteiger partial charge in [0.05, 0.1) is 16.4 Å². The lowest BCUT2D eigenvalue weighted by molar-refractivity contribution is 0.629. The number of nitrogens with two attached hydrogens (primary N) is 1. The van der Waals surface area contributed by atoms with Crippen molar-refractivity contribution in [2.24, 2.45) is 0 Å². The molecule has 0 bridgehead atoms.